The topological polar surface area (TPSA) is 112 Å². The lowest BCUT2D eigenvalue weighted by Crippen LogP contribution is -2.20. The third kappa shape index (κ3) is 3.19. The van der Waals surface area contributed by atoms with E-state index < -0.39 is 5.97 Å². The van der Waals surface area contributed by atoms with Gasteiger partial charge in [0, 0.05) is 6.54 Å². The van der Waals surface area contributed by atoms with Gasteiger partial charge in [-0.25, -0.2) is 9.48 Å². The van der Waals surface area contributed by atoms with E-state index >= 15 is 0 Å². The molecule has 8 nitrogen and oxygen atoms in total. The van der Waals surface area contributed by atoms with Crippen LogP contribution < -0.4 is 11.1 Å². The number of rotatable bonds is 5. The van der Waals surface area contributed by atoms with Crippen LogP contribution in [0.2, 0.25) is 0 Å². The molecule has 0 fully saturated rings. The highest BCUT2D eigenvalue weighted by molar-refractivity contribution is 7.12. The quantitative estimate of drug-likeness (QED) is 0.763. The maximum absolute atomic E-state index is 11.9. The van der Waals surface area contributed by atoms with Crippen molar-refractivity contribution in [2.75, 3.05) is 12.4 Å². The van der Waals surface area contributed by atoms with Gasteiger partial charge in [0.25, 0.3) is 0 Å². The van der Waals surface area contributed by atoms with Gasteiger partial charge in [0.15, 0.2) is 0 Å². The molecule has 20 heavy (non-hydrogen) atoms. The normalized spacial score (nSPS) is 10.3. The van der Waals surface area contributed by atoms with Crippen molar-refractivity contribution >= 4 is 28.9 Å². The molecule has 0 unspecified atom stereocenters. The Bertz CT molecular complexity index is 621. The Hall–Kier alpha value is -2.26. The Morgan fingerprint density at radius 3 is 3.00 bits per heavy atom. The summed E-state index contributed by atoms with van der Waals surface area (Å²) in [6.45, 7) is 0.252. The molecule has 1 amide bonds. The van der Waals surface area contributed by atoms with E-state index in [9.17, 15) is 9.59 Å². The van der Waals surface area contributed by atoms with Gasteiger partial charge >= 0.3 is 5.97 Å². The lowest BCUT2D eigenvalue weighted by Gasteiger charge is -2.05. The van der Waals surface area contributed by atoms with Crippen LogP contribution in [0.25, 0.3) is 0 Å². The van der Waals surface area contributed by atoms with Crippen molar-refractivity contribution in [2.45, 2.75) is 13.1 Å². The second-order valence-corrected chi connectivity index (χ2v) is 4.73. The average molecular weight is 295 g/mol. The van der Waals surface area contributed by atoms with Crippen LogP contribution in [0.1, 0.15) is 15.4 Å². The number of nitrogens with zero attached hydrogens (tertiary/aromatic N) is 3. The van der Waals surface area contributed by atoms with Crippen molar-refractivity contribution in [3.05, 3.63) is 28.2 Å². The summed E-state index contributed by atoms with van der Waals surface area (Å²) in [5, 5.41) is 11.9. The lowest BCUT2D eigenvalue weighted by molar-refractivity contribution is -0.116. The van der Waals surface area contributed by atoms with Crippen LogP contribution >= 0.6 is 11.3 Å². The zero-order chi connectivity index (χ0) is 14.5. The lowest BCUT2D eigenvalue weighted by atomic mass is 10.3. The fourth-order valence-electron chi connectivity index (χ4n) is 1.50. The van der Waals surface area contributed by atoms with Crippen LogP contribution in [-0.4, -0.2) is 34.0 Å². The highest BCUT2D eigenvalue weighted by Gasteiger charge is 2.15. The number of ether oxygens (including phenoxy) is 1. The summed E-state index contributed by atoms with van der Waals surface area (Å²) in [5.74, 6) is -0.802. The number of nitrogens with one attached hydrogen (secondary N) is 1. The molecule has 0 bridgehead atoms. The van der Waals surface area contributed by atoms with Crippen LogP contribution in [0.3, 0.4) is 0 Å². The Morgan fingerprint density at radius 1 is 1.55 bits per heavy atom. The maximum Gasteiger partial charge on any atom is 0.350 e. The molecule has 0 aliphatic heterocycles. The summed E-state index contributed by atoms with van der Waals surface area (Å²) < 4.78 is 6.01. The van der Waals surface area contributed by atoms with Crippen molar-refractivity contribution in [3.8, 4) is 0 Å². The summed E-state index contributed by atoms with van der Waals surface area (Å²) in [5.41, 5.74) is 6.43. The van der Waals surface area contributed by atoms with E-state index in [1.807, 2.05) is 0 Å². The minimum absolute atomic E-state index is 0.0105. The fraction of sp³-hybridized carbons (Fsp3) is 0.273. The molecular formula is C11H13N5O3S. The summed E-state index contributed by atoms with van der Waals surface area (Å²) in [6, 6.07) is 1.64. The molecule has 0 aromatic carbocycles. The minimum Gasteiger partial charge on any atom is -0.465 e. The highest BCUT2D eigenvalue weighted by atomic mass is 32.1. The number of hydrogen-bond donors (Lipinski definition) is 2. The zero-order valence-corrected chi connectivity index (χ0v) is 11.5. The molecule has 0 saturated carbocycles. The van der Waals surface area contributed by atoms with E-state index in [2.05, 4.69) is 20.4 Å². The van der Waals surface area contributed by atoms with Gasteiger partial charge in [0.2, 0.25) is 5.91 Å². The fourth-order valence-corrected chi connectivity index (χ4v) is 2.27. The molecule has 0 aliphatic carbocycles. The van der Waals surface area contributed by atoms with Gasteiger partial charge in [-0.15, -0.1) is 16.4 Å². The van der Waals surface area contributed by atoms with Crippen molar-refractivity contribution in [3.63, 3.8) is 0 Å². The van der Waals surface area contributed by atoms with E-state index in [-0.39, 0.29) is 19.0 Å². The number of thiophene rings is 1. The number of amides is 1. The van der Waals surface area contributed by atoms with Gasteiger partial charge < -0.3 is 15.8 Å². The van der Waals surface area contributed by atoms with Gasteiger partial charge in [-0.05, 0) is 11.4 Å². The van der Waals surface area contributed by atoms with Gasteiger partial charge in [-0.2, -0.15) is 0 Å². The first-order chi connectivity index (χ1) is 9.63. The molecule has 0 aliphatic rings. The molecule has 2 rings (SSSR count). The van der Waals surface area contributed by atoms with Gasteiger partial charge in [0.05, 0.1) is 24.7 Å². The molecule has 3 N–H and O–H groups in total. The van der Waals surface area contributed by atoms with E-state index in [1.165, 1.54) is 23.1 Å². The number of carbonyl (C=O) groups excluding carboxylic acids is 2. The standard InChI is InChI=1S/C11H13N5O3S/c1-19-11(18)10-8(2-3-20-10)13-9(17)6-16-5-7(4-12)14-15-16/h2-3,5H,4,6,12H2,1H3,(H,13,17). The molecule has 2 heterocycles. The molecule has 0 radical (unpaired) electrons. The SMILES string of the molecule is COC(=O)c1sccc1NC(=O)Cn1cc(CN)nn1. The molecule has 106 valence electrons. The number of methoxy groups -OCH3 is 1. The molecule has 9 heteroatoms. The largest absolute Gasteiger partial charge is 0.465 e. The first-order valence-electron chi connectivity index (χ1n) is 5.68. The van der Waals surface area contributed by atoms with Crippen LogP contribution in [-0.2, 0) is 22.6 Å². The van der Waals surface area contributed by atoms with Crippen LogP contribution in [0.15, 0.2) is 17.6 Å². The molecule has 2 aromatic heterocycles. The predicted octanol–water partition coefficient (Wildman–Crippen LogP) is 0.224. The van der Waals surface area contributed by atoms with E-state index in [0.29, 0.717) is 16.3 Å². The number of aromatic nitrogens is 3. The van der Waals surface area contributed by atoms with Crippen molar-refractivity contribution in [1.29, 1.82) is 0 Å². The Labute approximate surface area is 118 Å². The molecule has 2 aromatic rings. The van der Waals surface area contributed by atoms with Crippen molar-refractivity contribution < 1.29 is 14.3 Å². The predicted molar refractivity (Wildman–Crippen MR) is 72.2 cm³/mol. The Balaban J connectivity index is 2.01. The first-order valence-corrected chi connectivity index (χ1v) is 6.56. The van der Waals surface area contributed by atoms with Crippen LogP contribution in [0.5, 0.6) is 0 Å². The highest BCUT2D eigenvalue weighted by Crippen LogP contribution is 2.23. The van der Waals surface area contributed by atoms with Gasteiger partial charge in [0.1, 0.15) is 11.4 Å². The van der Waals surface area contributed by atoms with E-state index in [4.69, 9.17) is 5.73 Å². The Kier molecular flexibility index (Phi) is 4.43. The average Bonchev–Trinajstić information content (AvgIpc) is 3.07. The molecule has 0 atom stereocenters. The number of nitrogens with two attached hydrogens (primary N) is 1. The summed E-state index contributed by atoms with van der Waals surface area (Å²) in [7, 11) is 1.29. The summed E-state index contributed by atoms with van der Waals surface area (Å²) in [4.78, 5) is 23.7. The van der Waals surface area contributed by atoms with Crippen LogP contribution in [0.4, 0.5) is 5.69 Å². The zero-order valence-electron chi connectivity index (χ0n) is 10.7. The molecular weight excluding hydrogens is 282 g/mol. The van der Waals surface area contributed by atoms with Gasteiger partial charge in [-0.3, -0.25) is 4.79 Å². The van der Waals surface area contributed by atoms with Crippen molar-refractivity contribution in [2.24, 2.45) is 5.73 Å². The molecule has 0 saturated heterocycles. The van der Waals surface area contributed by atoms with E-state index in [0.717, 1.165) is 0 Å². The monoisotopic (exact) mass is 295 g/mol. The van der Waals surface area contributed by atoms with Crippen molar-refractivity contribution in [1.82, 2.24) is 15.0 Å². The Morgan fingerprint density at radius 2 is 2.35 bits per heavy atom. The first kappa shape index (κ1) is 14.2. The minimum atomic E-state index is -0.485. The third-order valence-electron chi connectivity index (χ3n) is 2.41. The van der Waals surface area contributed by atoms with Gasteiger partial charge in [-0.1, -0.05) is 5.21 Å². The number of hydrogen-bond acceptors (Lipinski definition) is 7. The number of anilines is 1. The number of carbonyl (C=O) groups is 2. The summed E-state index contributed by atoms with van der Waals surface area (Å²) >= 11 is 1.20. The summed E-state index contributed by atoms with van der Waals surface area (Å²) in [6.07, 6.45) is 1.59. The second-order valence-electron chi connectivity index (χ2n) is 3.81. The van der Waals surface area contributed by atoms with Crippen LogP contribution in [0, 0.1) is 0 Å². The molecule has 0 spiro atoms. The third-order valence-corrected chi connectivity index (χ3v) is 3.31. The second kappa shape index (κ2) is 6.26. The smallest absolute Gasteiger partial charge is 0.350 e. The van der Waals surface area contributed by atoms with E-state index in [1.54, 1.807) is 17.6 Å². The number of esters is 1. The maximum atomic E-state index is 11.9.